The highest BCUT2D eigenvalue weighted by molar-refractivity contribution is 6.67. The second-order valence-corrected chi connectivity index (χ2v) is 10.4. The summed E-state index contributed by atoms with van der Waals surface area (Å²) in [6.07, 6.45) is 7.77. The first-order valence-electron chi connectivity index (χ1n) is 9.18. The third kappa shape index (κ3) is 8.34. The molecule has 0 amide bonds. The fourth-order valence-electron chi connectivity index (χ4n) is 2.64. The Balaban J connectivity index is 2.34. The minimum Gasteiger partial charge on any atom is -0.394 e. The Labute approximate surface area is 148 Å². The summed E-state index contributed by atoms with van der Waals surface area (Å²) in [7, 11) is -2.05. The number of benzene rings is 1. The van der Waals surface area contributed by atoms with E-state index >= 15 is 0 Å². The molecule has 0 saturated carbocycles. The van der Waals surface area contributed by atoms with Crippen molar-refractivity contribution in [3.63, 3.8) is 0 Å². The molecule has 0 aliphatic carbocycles. The maximum Gasteiger partial charge on any atom is 0.337 e. The van der Waals surface area contributed by atoms with Crippen LogP contribution in [0.25, 0.3) is 0 Å². The van der Waals surface area contributed by atoms with Crippen molar-refractivity contribution in [2.45, 2.75) is 78.0 Å². The van der Waals surface area contributed by atoms with Gasteiger partial charge < -0.3 is 8.85 Å². The van der Waals surface area contributed by atoms with Gasteiger partial charge in [-0.2, -0.15) is 0 Å². The van der Waals surface area contributed by atoms with Gasteiger partial charge in [0, 0.05) is 11.6 Å². The molecule has 0 saturated heterocycles. The van der Waals surface area contributed by atoms with Gasteiger partial charge in [0.1, 0.15) is 0 Å². The number of unbranched alkanes of at least 4 members (excludes halogenated alkanes) is 5. The van der Waals surface area contributed by atoms with Crippen LogP contribution in [0.15, 0.2) is 24.3 Å². The molecule has 1 aromatic rings. The first kappa shape index (κ1) is 20.7. The van der Waals surface area contributed by atoms with Crippen molar-refractivity contribution < 1.29 is 8.85 Å². The Morgan fingerprint density at radius 2 is 1.43 bits per heavy atom. The third-order valence-corrected chi connectivity index (χ3v) is 8.16. The molecule has 1 aromatic carbocycles. The van der Waals surface area contributed by atoms with Gasteiger partial charge in [0.15, 0.2) is 0 Å². The van der Waals surface area contributed by atoms with E-state index in [1.165, 1.54) is 32.1 Å². The van der Waals surface area contributed by atoms with Gasteiger partial charge in [-0.25, -0.2) is 0 Å². The van der Waals surface area contributed by atoms with E-state index in [4.69, 9.17) is 20.5 Å². The SMILES string of the molecule is CCCCCCCCO[Si](CC)(CC)OCc1ccc(Cl)cc1. The second kappa shape index (κ2) is 12.1. The van der Waals surface area contributed by atoms with E-state index in [1.807, 2.05) is 24.3 Å². The van der Waals surface area contributed by atoms with E-state index in [0.717, 1.165) is 35.7 Å². The van der Waals surface area contributed by atoms with E-state index in [1.54, 1.807) is 0 Å². The molecule has 4 heteroatoms. The predicted molar refractivity (Wildman–Crippen MR) is 102 cm³/mol. The van der Waals surface area contributed by atoms with Crippen LogP contribution in [0.5, 0.6) is 0 Å². The van der Waals surface area contributed by atoms with Crippen molar-refractivity contribution >= 4 is 20.2 Å². The standard InChI is InChI=1S/C19H33ClO2Si/c1-4-7-8-9-10-11-16-21-23(5-2,6-3)22-17-18-12-14-19(20)15-13-18/h12-15H,4-11,16-17H2,1-3H3. The van der Waals surface area contributed by atoms with Gasteiger partial charge in [-0.15, -0.1) is 0 Å². The lowest BCUT2D eigenvalue weighted by atomic mass is 10.1. The molecule has 132 valence electrons. The summed E-state index contributed by atoms with van der Waals surface area (Å²) in [6, 6.07) is 9.90. The molecular weight excluding hydrogens is 324 g/mol. The number of rotatable bonds is 13. The molecule has 0 spiro atoms. The first-order chi connectivity index (χ1) is 11.2. The van der Waals surface area contributed by atoms with Crippen LogP contribution in [0.4, 0.5) is 0 Å². The van der Waals surface area contributed by atoms with Gasteiger partial charge in [0.2, 0.25) is 0 Å². The molecule has 0 aliphatic rings. The third-order valence-electron chi connectivity index (χ3n) is 4.36. The lowest BCUT2D eigenvalue weighted by Gasteiger charge is -2.29. The smallest absolute Gasteiger partial charge is 0.337 e. The molecule has 0 atom stereocenters. The highest BCUT2D eigenvalue weighted by atomic mass is 35.5. The van der Waals surface area contributed by atoms with Crippen molar-refractivity contribution in [1.29, 1.82) is 0 Å². The van der Waals surface area contributed by atoms with Crippen LogP contribution in [0, 0.1) is 0 Å². The van der Waals surface area contributed by atoms with Crippen LogP contribution >= 0.6 is 11.6 Å². The molecule has 23 heavy (non-hydrogen) atoms. The van der Waals surface area contributed by atoms with Gasteiger partial charge in [-0.05, 0) is 36.2 Å². The summed E-state index contributed by atoms with van der Waals surface area (Å²) in [4.78, 5) is 0. The monoisotopic (exact) mass is 356 g/mol. The van der Waals surface area contributed by atoms with Crippen molar-refractivity contribution in [3.05, 3.63) is 34.9 Å². The van der Waals surface area contributed by atoms with Crippen LogP contribution in [-0.2, 0) is 15.5 Å². The molecule has 0 bridgehead atoms. The van der Waals surface area contributed by atoms with Gasteiger partial charge in [-0.1, -0.05) is 76.6 Å². The van der Waals surface area contributed by atoms with Gasteiger partial charge in [0.05, 0.1) is 6.61 Å². The first-order valence-corrected chi connectivity index (χ1v) is 11.8. The molecule has 0 fully saturated rings. The van der Waals surface area contributed by atoms with E-state index in [-0.39, 0.29) is 0 Å². The Morgan fingerprint density at radius 1 is 0.826 bits per heavy atom. The molecule has 2 nitrogen and oxygen atoms in total. The minimum absolute atomic E-state index is 0.627. The Hall–Kier alpha value is -0.353. The van der Waals surface area contributed by atoms with Gasteiger partial charge in [-0.3, -0.25) is 0 Å². The molecule has 0 radical (unpaired) electrons. The maximum absolute atomic E-state index is 6.27. The summed E-state index contributed by atoms with van der Waals surface area (Å²) in [5.74, 6) is 0. The van der Waals surface area contributed by atoms with Gasteiger partial charge in [0.25, 0.3) is 0 Å². The molecule has 0 unspecified atom stereocenters. The molecular formula is C19H33ClO2Si. The normalized spacial score (nSPS) is 11.8. The molecule has 1 rings (SSSR count). The van der Waals surface area contributed by atoms with E-state index in [0.29, 0.717) is 6.61 Å². The molecule has 0 heterocycles. The quantitative estimate of drug-likeness (QED) is 0.288. The minimum atomic E-state index is -2.05. The lowest BCUT2D eigenvalue weighted by Crippen LogP contribution is -2.40. The zero-order valence-corrected chi connectivity index (χ0v) is 16.8. The van der Waals surface area contributed by atoms with Crippen molar-refractivity contribution in [1.82, 2.24) is 0 Å². The summed E-state index contributed by atoms with van der Waals surface area (Å²) in [5.41, 5.74) is 1.16. The summed E-state index contributed by atoms with van der Waals surface area (Å²) in [6.45, 7) is 8.11. The van der Waals surface area contributed by atoms with Crippen LogP contribution < -0.4 is 0 Å². The van der Waals surface area contributed by atoms with Crippen molar-refractivity contribution in [3.8, 4) is 0 Å². The average Bonchev–Trinajstić information content (AvgIpc) is 2.58. The number of halogens is 1. The highest BCUT2D eigenvalue weighted by Crippen LogP contribution is 2.22. The summed E-state index contributed by atoms with van der Waals surface area (Å²) in [5, 5.41) is 0.766. The Morgan fingerprint density at radius 3 is 2.04 bits per heavy atom. The largest absolute Gasteiger partial charge is 0.394 e. The second-order valence-electron chi connectivity index (χ2n) is 6.15. The Bertz CT molecular complexity index is 404. The number of hydrogen-bond acceptors (Lipinski definition) is 2. The van der Waals surface area contributed by atoms with Crippen LogP contribution in [-0.4, -0.2) is 15.2 Å². The van der Waals surface area contributed by atoms with E-state index in [2.05, 4.69) is 20.8 Å². The lowest BCUT2D eigenvalue weighted by molar-refractivity contribution is 0.158. The predicted octanol–water partition coefficient (Wildman–Crippen LogP) is 6.72. The summed E-state index contributed by atoms with van der Waals surface area (Å²) >= 11 is 5.93. The van der Waals surface area contributed by atoms with Crippen molar-refractivity contribution in [2.24, 2.45) is 0 Å². The fourth-order valence-corrected chi connectivity index (χ4v) is 5.11. The average molecular weight is 357 g/mol. The van der Waals surface area contributed by atoms with Crippen molar-refractivity contribution in [2.75, 3.05) is 6.61 Å². The Kier molecular flexibility index (Phi) is 10.9. The fraction of sp³-hybridized carbons (Fsp3) is 0.684. The highest BCUT2D eigenvalue weighted by Gasteiger charge is 2.33. The van der Waals surface area contributed by atoms with Crippen LogP contribution in [0.1, 0.15) is 64.9 Å². The van der Waals surface area contributed by atoms with Crippen LogP contribution in [0.3, 0.4) is 0 Å². The molecule has 0 aromatic heterocycles. The van der Waals surface area contributed by atoms with Gasteiger partial charge >= 0.3 is 8.56 Å². The van der Waals surface area contributed by atoms with Crippen LogP contribution in [0.2, 0.25) is 17.1 Å². The molecule has 0 aliphatic heterocycles. The number of hydrogen-bond donors (Lipinski definition) is 0. The zero-order valence-electron chi connectivity index (χ0n) is 15.1. The maximum atomic E-state index is 6.27. The van der Waals surface area contributed by atoms with E-state index < -0.39 is 8.56 Å². The topological polar surface area (TPSA) is 18.5 Å². The summed E-state index contributed by atoms with van der Waals surface area (Å²) < 4.78 is 12.5. The van der Waals surface area contributed by atoms with E-state index in [9.17, 15) is 0 Å². The molecule has 0 N–H and O–H groups in total. The zero-order chi connectivity index (χ0) is 17.0.